The van der Waals surface area contributed by atoms with Gasteiger partial charge in [-0.15, -0.1) is 0 Å². The summed E-state index contributed by atoms with van der Waals surface area (Å²) in [5.74, 6) is -1.93. The summed E-state index contributed by atoms with van der Waals surface area (Å²) in [6, 6.07) is 8.58. The normalized spacial score (nSPS) is 11.5. The Morgan fingerprint density at radius 2 is 1.81 bits per heavy atom. The summed E-state index contributed by atoms with van der Waals surface area (Å²) in [5.41, 5.74) is 6.30. The number of imidazole rings is 1. The number of amides is 3. The molecule has 3 rings (SSSR count). The number of nitrogens with two attached hydrogens (primary N) is 1. The van der Waals surface area contributed by atoms with Crippen LogP contribution in [-0.2, 0) is 14.4 Å². The van der Waals surface area contributed by atoms with Gasteiger partial charge in [-0.2, -0.15) is 0 Å². The van der Waals surface area contributed by atoms with Crippen molar-refractivity contribution in [2.45, 2.75) is 39.2 Å². The Hall–Kier alpha value is -4.38. The van der Waals surface area contributed by atoms with E-state index >= 15 is 0 Å². The molecule has 1 aromatic carbocycles. The molecule has 3 aromatic rings. The van der Waals surface area contributed by atoms with E-state index in [4.69, 9.17) is 5.73 Å². The van der Waals surface area contributed by atoms with Gasteiger partial charge in [0.25, 0.3) is 17.4 Å². The van der Waals surface area contributed by atoms with Crippen LogP contribution in [0.25, 0.3) is 11.3 Å². The quantitative estimate of drug-likeness (QED) is 0.381. The van der Waals surface area contributed by atoms with Gasteiger partial charge in [-0.05, 0) is 55.6 Å². The maximum atomic E-state index is 13.2. The maximum Gasteiger partial charge on any atom is 0.268 e. The molecular weight excluding hydrogens is 464 g/mol. The molecule has 1 atom stereocenters. The van der Waals surface area contributed by atoms with Crippen LogP contribution < -0.4 is 21.5 Å². The lowest BCUT2D eigenvalue weighted by Crippen LogP contribution is -2.50. The zero-order valence-electron chi connectivity index (χ0n) is 20.1. The van der Waals surface area contributed by atoms with Crippen molar-refractivity contribution in [1.82, 2.24) is 19.9 Å². The third-order valence-corrected chi connectivity index (χ3v) is 5.47. The van der Waals surface area contributed by atoms with Crippen LogP contribution in [-0.4, -0.2) is 50.8 Å². The van der Waals surface area contributed by atoms with Gasteiger partial charge in [0.15, 0.2) is 0 Å². The van der Waals surface area contributed by atoms with E-state index in [0.29, 0.717) is 42.8 Å². The van der Waals surface area contributed by atoms with E-state index in [9.17, 15) is 24.0 Å². The highest BCUT2D eigenvalue weighted by molar-refractivity contribution is 6.16. The molecule has 2 heterocycles. The third-order valence-electron chi connectivity index (χ3n) is 5.47. The van der Waals surface area contributed by atoms with Crippen LogP contribution in [0.15, 0.2) is 59.9 Å². The van der Waals surface area contributed by atoms with Gasteiger partial charge in [0, 0.05) is 31.9 Å². The molecule has 11 heteroatoms. The lowest BCUT2D eigenvalue weighted by atomic mass is 10.1. The second-order valence-electron chi connectivity index (χ2n) is 8.17. The minimum Gasteiger partial charge on any atom is -0.345 e. The summed E-state index contributed by atoms with van der Waals surface area (Å²) < 4.78 is 1.21. The van der Waals surface area contributed by atoms with E-state index in [0.717, 1.165) is 4.90 Å². The van der Waals surface area contributed by atoms with Gasteiger partial charge in [-0.25, -0.2) is 9.88 Å². The molecule has 0 saturated heterocycles. The summed E-state index contributed by atoms with van der Waals surface area (Å²) in [7, 11) is 0. The fourth-order valence-corrected chi connectivity index (χ4v) is 3.73. The second kappa shape index (κ2) is 11.8. The molecule has 2 aromatic heterocycles. The SMILES string of the molecule is CC(=O)N[C@@H](CCCCN)C(=O)N(C(C)=O)c1ccc(-c2ccc(C(=O)n3ccnc3)c(=O)[nH]2)cc1. The largest absolute Gasteiger partial charge is 0.345 e. The van der Waals surface area contributed by atoms with E-state index in [2.05, 4.69) is 15.3 Å². The number of hydrogen-bond donors (Lipinski definition) is 3. The summed E-state index contributed by atoms with van der Waals surface area (Å²) in [4.78, 5) is 69.7. The fraction of sp³-hybridized carbons (Fsp3) is 0.280. The Kier molecular flexibility index (Phi) is 8.63. The molecule has 0 aliphatic rings. The fourth-order valence-electron chi connectivity index (χ4n) is 3.73. The van der Waals surface area contributed by atoms with Crippen molar-refractivity contribution in [3.05, 3.63) is 71.0 Å². The molecular formula is C25H28N6O5. The molecule has 11 nitrogen and oxygen atoms in total. The number of unbranched alkanes of at least 4 members (excludes halogenated alkanes) is 1. The Morgan fingerprint density at radius 3 is 2.36 bits per heavy atom. The summed E-state index contributed by atoms with van der Waals surface area (Å²) >= 11 is 0. The lowest BCUT2D eigenvalue weighted by molar-refractivity contribution is -0.130. The number of nitrogens with one attached hydrogen (secondary N) is 2. The van der Waals surface area contributed by atoms with E-state index < -0.39 is 29.3 Å². The number of benzene rings is 1. The van der Waals surface area contributed by atoms with Crippen LogP contribution >= 0.6 is 0 Å². The minimum atomic E-state index is -0.866. The lowest BCUT2D eigenvalue weighted by Gasteiger charge is -2.25. The number of nitrogens with zero attached hydrogens (tertiary/aromatic N) is 3. The van der Waals surface area contributed by atoms with Gasteiger partial charge < -0.3 is 16.0 Å². The Labute approximate surface area is 207 Å². The molecule has 36 heavy (non-hydrogen) atoms. The van der Waals surface area contributed by atoms with Crippen LogP contribution in [0.4, 0.5) is 5.69 Å². The molecule has 0 bridgehead atoms. The highest BCUT2D eigenvalue weighted by Crippen LogP contribution is 2.23. The average molecular weight is 493 g/mol. The summed E-state index contributed by atoms with van der Waals surface area (Å²) in [6.07, 6.45) is 5.85. The van der Waals surface area contributed by atoms with Gasteiger partial charge in [0.2, 0.25) is 11.8 Å². The number of carbonyl (C=O) groups excluding carboxylic acids is 4. The highest BCUT2D eigenvalue weighted by Gasteiger charge is 2.28. The third kappa shape index (κ3) is 6.19. The summed E-state index contributed by atoms with van der Waals surface area (Å²) in [6.45, 7) is 3.04. The number of hydrogen-bond acceptors (Lipinski definition) is 7. The van der Waals surface area contributed by atoms with Crippen LogP contribution in [0.2, 0.25) is 0 Å². The highest BCUT2D eigenvalue weighted by atomic mass is 16.2. The molecule has 0 unspecified atom stereocenters. The summed E-state index contributed by atoms with van der Waals surface area (Å²) in [5, 5.41) is 2.62. The number of aromatic amines is 1. The van der Waals surface area contributed by atoms with Crippen LogP contribution in [0.1, 0.15) is 43.5 Å². The molecule has 4 N–H and O–H groups in total. The van der Waals surface area contributed by atoms with Crippen molar-refractivity contribution >= 4 is 29.3 Å². The Bertz CT molecular complexity index is 1300. The van der Waals surface area contributed by atoms with Crippen molar-refractivity contribution in [3.63, 3.8) is 0 Å². The zero-order valence-corrected chi connectivity index (χ0v) is 20.1. The minimum absolute atomic E-state index is 0.0413. The first-order valence-corrected chi connectivity index (χ1v) is 11.4. The van der Waals surface area contributed by atoms with Crippen molar-refractivity contribution < 1.29 is 19.2 Å². The number of carbonyl (C=O) groups is 4. The van der Waals surface area contributed by atoms with Gasteiger partial charge in [0.1, 0.15) is 17.9 Å². The molecule has 188 valence electrons. The number of imide groups is 1. The molecule has 0 aliphatic heterocycles. The maximum absolute atomic E-state index is 13.2. The van der Waals surface area contributed by atoms with Gasteiger partial charge in [-0.1, -0.05) is 12.1 Å². The monoisotopic (exact) mass is 492 g/mol. The van der Waals surface area contributed by atoms with Gasteiger partial charge in [0.05, 0.1) is 5.69 Å². The first-order valence-electron chi connectivity index (χ1n) is 11.4. The van der Waals surface area contributed by atoms with Gasteiger partial charge in [-0.3, -0.25) is 28.5 Å². The average Bonchev–Trinajstić information content (AvgIpc) is 3.38. The van der Waals surface area contributed by atoms with Crippen molar-refractivity contribution in [3.8, 4) is 11.3 Å². The van der Waals surface area contributed by atoms with Crippen LogP contribution in [0.5, 0.6) is 0 Å². The number of rotatable bonds is 9. The van der Waals surface area contributed by atoms with E-state index in [-0.39, 0.29) is 11.5 Å². The predicted octanol–water partition coefficient (Wildman–Crippen LogP) is 1.44. The smallest absolute Gasteiger partial charge is 0.268 e. The van der Waals surface area contributed by atoms with E-state index in [1.165, 1.54) is 43.2 Å². The molecule has 0 aliphatic carbocycles. The second-order valence-corrected chi connectivity index (χ2v) is 8.17. The molecule has 0 radical (unpaired) electrons. The molecule has 0 fully saturated rings. The molecule has 0 spiro atoms. The van der Waals surface area contributed by atoms with Gasteiger partial charge >= 0.3 is 0 Å². The number of H-pyrrole nitrogens is 1. The molecule has 0 saturated carbocycles. The number of pyridine rings is 1. The zero-order chi connectivity index (χ0) is 26.2. The Balaban J connectivity index is 1.84. The first kappa shape index (κ1) is 26.2. The standard InChI is InChI=1S/C25H28N6O5/c1-16(32)28-22(5-3-4-12-26)25(36)31(17(2)33)19-8-6-18(7-9-19)21-11-10-20(23(34)29-21)24(35)30-14-13-27-15-30/h6-11,13-15,22H,3-5,12,26H2,1-2H3,(H,28,32)(H,29,34)/t22-/m0/s1. The van der Waals surface area contributed by atoms with Crippen LogP contribution in [0, 0.1) is 0 Å². The van der Waals surface area contributed by atoms with E-state index in [1.54, 1.807) is 30.3 Å². The van der Waals surface area contributed by atoms with Crippen molar-refractivity contribution in [2.75, 3.05) is 11.4 Å². The van der Waals surface area contributed by atoms with Crippen LogP contribution in [0.3, 0.4) is 0 Å². The first-order chi connectivity index (χ1) is 17.2. The predicted molar refractivity (Wildman–Crippen MR) is 133 cm³/mol. The van der Waals surface area contributed by atoms with E-state index in [1.807, 2.05) is 0 Å². The van der Waals surface area contributed by atoms with Crippen molar-refractivity contribution in [2.24, 2.45) is 5.73 Å². The topological polar surface area (TPSA) is 160 Å². The number of anilines is 1. The molecule has 3 amide bonds. The number of aromatic nitrogens is 3. The Morgan fingerprint density at radius 1 is 1.08 bits per heavy atom. The van der Waals surface area contributed by atoms with Crippen molar-refractivity contribution in [1.29, 1.82) is 0 Å².